The van der Waals surface area contributed by atoms with Gasteiger partial charge in [0.15, 0.2) is 5.69 Å². The average Bonchev–Trinajstić information content (AvgIpc) is 2.84. The number of nitrogens with one attached hydrogen (secondary N) is 1. The minimum Gasteiger partial charge on any atom is -0.320 e. The van der Waals surface area contributed by atoms with E-state index in [4.69, 9.17) is 0 Å². The van der Waals surface area contributed by atoms with Gasteiger partial charge in [-0.25, -0.2) is 0 Å². The minimum absolute atomic E-state index is 0.313. The highest BCUT2D eigenvalue weighted by Crippen LogP contribution is 2.33. The zero-order chi connectivity index (χ0) is 15.6. The first-order valence-corrected chi connectivity index (χ1v) is 6.16. The molecule has 0 bridgehead atoms. The number of amides is 1. The van der Waals surface area contributed by atoms with Crippen LogP contribution in [0, 0.1) is 0 Å². The highest BCUT2D eigenvalue weighted by Gasteiger charge is 2.40. The number of pyridine rings is 1. The number of carbonyl (C=O) groups excluding carboxylic acids is 1. The van der Waals surface area contributed by atoms with Crippen molar-refractivity contribution in [3.63, 3.8) is 0 Å². The maximum absolute atomic E-state index is 13.1. The molecule has 112 valence electrons. The Bertz CT molecular complexity index is 635. The smallest absolute Gasteiger partial charge is 0.320 e. The molecule has 8 heteroatoms. The Kier molecular flexibility index (Phi) is 3.97. The number of hydrogen-bond acceptors (Lipinski definition) is 3. The van der Waals surface area contributed by atoms with Crippen LogP contribution in [-0.2, 0) is 6.18 Å². The zero-order valence-corrected chi connectivity index (χ0v) is 11.3. The van der Waals surface area contributed by atoms with Crippen LogP contribution in [0.15, 0.2) is 30.7 Å². The molecule has 1 amide bonds. The summed E-state index contributed by atoms with van der Waals surface area (Å²) in [5.41, 5.74) is -1.26. The fourth-order valence-electron chi connectivity index (χ4n) is 1.84. The number of hydrogen-bond donors (Lipinski definition) is 1. The summed E-state index contributed by atoms with van der Waals surface area (Å²) in [4.78, 5) is 15.8. The summed E-state index contributed by atoms with van der Waals surface area (Å²) < 4.78 is 40.2. The van der Waals surface area contributed by atoms with E-state index in [1.165, 1.54) is 18.5 Å². The lowest BCUT2D eigenvalue weighted by Crippen LogP contribution is -2.22. The van der Waals surface area contributed by atoms with Crippen LogP contribution in [0.25, 0.3) is 0 Å². The number of alkyl halides is 3. The summed E-state index contributed by atoms with van der Waals surface area (Å²) in [6, 6.07) is 2.59. The number of anilines is 1. The average molecular weight is 298 g/mol. The molecule has 0 atom stereocenters. The lowest BCUT2D eigenvalue weighted by Gasteiger charge is -2.15. The molecule has 2 heterocycles. The molecule has 0 aliphatic carbocycles. The van der Waals surface area contributed by atoms with Crippen LogP contribution in [-0.4, -0.2) is 20.7 Å². The van der Waals surface area contributed by atoms with Crippen molar-refractivity contribution in [1.29, 1.82) is 0 Å². The van der Waals surface area contributed by atoms with E-state index in [1.807, 2.05) is 0 Å². The second-order valence-corrected chi connectivity index (χ2v) is 4.64. The molecule has 1 N–H and O–H groups in total. The number of rotatable bonds is 3. The Morgan fingerprint density at radius 1 is 1.33 bits per heavy atom. The van der Waals surface area contributed by atoms with Crippen molar-refractivity contribution in [3.05, 3.63) is 42.0 Å². The molecule has 0 aliphatic rings. The molecule has 0 aromatic carbocycles. The van der Waals surface area contributed by atoms with E-state index >= 15 is 0 Å². The van der Waals surface area contributed by atoms with Gasteiger partial charge in [0.1, 0.15) is 0 Å². The Morgan fingerprint density at radius 3 is 2.57 bits per heavy atom. The summed E-state index contributed by atoms with van der Waals surface area (Å²) in [6.07, 6.45) is -0.900. The lowest BCUT2D eigenvalue weighted by molar-refractivity contribution is -0.145. The molecule has 2 rings (SSSR count). The quantitative estimate of drug-likeness (QED) is 0.947. The third kappa shape index (κ3) is 3.21. The third-order valence-electron chi connectivity index (χ3n) is 2.72. The maximum atomic E-state index is 13.1. The Morgan fingerprint density at radius 2 is 2.05 bits per heavy atom. The molecule has 2 aromatic rings. The molecule has 0 radical (unpaired) electrons. The van der Waals surface area contributed by atoms with Crippen LogP contribution >= 0.6 is 0 Å². The van der Waals surface area contributed by atoms with E-state index < -0.39 is 29.4 Å². The van der Waals surface area contributed by atoms with Crippen LogP contribution in [0.2, 0.25) is 0 Å². The van der Waals surface area contributed by atoms with Crippen LogP contribution in [0.1, 0.15) is 35.9 Å². The van der Waals surface area contributed by atoms with E-state index in [0.717, 1.165) is 10.9 Å². The summed E-state index contributed by atoms with van der Waals surface area (Å²) in [5, 5.41) is 6.03. The number of carbonyl (C=O) groups is 1. The van der Waals surface area contributed by atoms with Crippen LogP contribution in [0.5, 0.6) is 0 Å². The molecule has 0 spiro atoms. The first-order valence-electron chi connectivity index (χ1n) is 6.16. The van der Waals surface area contributed by atoms with Gasteiger partial charge in [0.25, 0.3) is 5.91 Å². The van der Waals surface area contributed by atoms with Crippen LogP contribution in [0.4, 0.5) is 18.9 Å². The second-order valence-electron chi connectivity index (χ2n) is 4.64. The Balaban J connectivity index is 2.38. The van der Waals surface area contributed by atoms with Gasteiger partial charge in [0.2, 0.25) is 0 Å². The number of nitrogens with zero attached hydrogens (tertiary/aromatic N) is 3. The fourth-order valence-corrected chi connectivity index (χ4v) is 1.84. The largest absolute Gasteiger partial charge is 0.433 e. The third-order valence-corrected chi connectivity index (χ3v) is 2.72. The van der Waals surface area contributed by atoms with Gasteiger partial charge in [0.05, 0.1) is 23.6 Å². The van der Waals surface area contributed by atoms with Gasteiger partial charge in [-0.2, -0.15) is 18.3 Å². The van der Waals surface area contributed by atoms with Crippen molar-refractivity contribution in [2.24, 2.45) is 0 Å². The van der Waals surface area contributed by atoms with Crippen molar-refractivity contribution in [1.82, 2.24) is 14.8 Å². The molecular formula is C13H13F3N4O. The van der Waals surface area contributed by atoms with E-state index in [-0.39, 0.29) is 0 Å². The number of halogens is 3. The first-order chi connectivity index (χ1) is 9.80. The van der Waals surface area contributed by atoms with Gasteiger partial charge < -0.3 is 5.32 Å². The molecule has 0 fully saturated rings. The van der Waals surface area contributed by atoms with Gasteiger partial charge >= 0.3 is 6.18 Å². The molecule has 0 saturated heterocycles. The first kappa shape index (κ1) is 15.0. The van der Waals surface area contributed by atoms with Crippen molar-refractivity contribution in [2.45, 2.75) is 26.1 Å². The van der Waals surface area contributed by atoms with Gasteiger partial charge in [-0.05, 0) is 26.0 Å². The SMILES string of the molecule is CC(C)n1ncc(C(=O)Nc2cccnc2)c1C(F)(F)F. The molecule has 21 heavy (non-hydrogen) atoms. The summed E-state index contributed by atoms with van der Waals surface area (Å²) in [6.45, 7) is 3.12. The van der Waals surface area contributed by atoms with Gasteiger partial charge in [0, 0.05) is 12.2 Å². The molecule has 0 unspecified atom stereocenters. The normalized spacial score (nSPS) is 11.7. The monoisotopic (exact) mass is 298 g/mol. The topological polar surface area (TPSA) is 59.8 Å². The van der Waals surface area contributed by atoms with E-state index in [2.05, 4.69) is 15.4 Å². The van der Waals surface area contributed by atoms with Crippen LogP contribution < -0.4 is 5.32 Å². The molecule has 5 nitrogen and oxygen atoms in total. The summed E-state index contributed by atoms with van der Waals surface area (Å²) in [5.74, 6) is -0.873. The van der Waals surface area contributed by atoms with Crippen molar-refractivity contribution in [2.75, 3.05) is 5.32 Å². The van der Waals surface area contributed by atoms with Gasteiger partial charge in [-0.3, -0.25) is 14.5 Å². The van der Waals surface area contributed by atoms with Crippen molar-refractivity contribution >= 4 is 11.6 Å². The molecular weight excluding hydrogens is 285 g/mol. The molecule has 0 aliphatic heterocycles. The van der Waals surface area contributed by atoms with E-state index in [9.17, 15) is 18.0 Å². The summed E-state index contributed by atoms with van der Waals surface area (Å²) >= 11 is 0. The highest BCUT2D eigenvalue weighted by atomic mass is 19.4. The van der Waals surface area contributed by atoms with Gasteiger partial charge in [-0.1, -0.05) is 0 Å². The van der Waals surface area contributed by atoms with E-state index in [1.54, 1.807) is 19.9 Å². The number of aromatic nitrogens is 3. The Labute approximate surface area is 118 Å². The molecule has 2 aromatic heterocycles. The predicted octanol–water partition coefficient (Wildman–Crippen LogP) is 3.13. The fraction of sp³-hybridized carbons (Fsp3) is 0.308. The maximum Gasteiger partial charge on any atom is 0.433 e. The van der Waals surface area contributed by atoms with E-state index in [0.29, 0.717) is 5.69 Å². The standard InChI is InChI=1S/C13H13F3N4O/c1-8(2)20-11(13(14,15)16)10(7-18-20)12(21)19-9-4-3-5-17-6-9/h3-8H,1-2H3,(H,19,21). The lowest BCUT2D eigenvalue weighted by atomic mass is 10.2. The summed E-state index contributed by atoms with van der Waals surface area (Å²) in [7, 11) is 0. The highest BCUT2D eigenvalue weighted by molar-refractivity contribution is 6.05. The second kappa shape index (κ2) is 5.55. The Hall–Kier alpha value is -2.38. The molecule has 0 saturated carbocycles. The van der Waals surface area contributed by atoms with Gasteiger partial charge in [-0.15, -0.1) is 0 Å². The van der Waals surface area contributed by atoms with Crippen molar-refractivity contribution in [3.8, 4) is 0 Å². The van der Waals surface area contributed by atoms with Crippen LogP contribution in [0.3, 0.4) is 0 Å². The minimum atomic E-state index is -4.66. The van der Waals surface area contributed by atoms with Crippen molar-refractivity contribution < 1.29 is 18.0 Å². The zero-order valence-electron chi connectivity index (χ0n) is 11.3. The predicted molar refractivity (Wildman–Crippen MR) is 69.8 cm³/mol.